The molecule has 0 saturated carbocycles. The standard InChI is InChI=1S/C24H16ClN3O5S2/c25-21-11-5-3-9-19(21)24(29)28(26-23-20-10-4-6-12-22(20)34(30,31)27-23)35(32,33)18-14-13-16-7-1-2-8-17(16)15-18/h1-15H,(H,26,27). The molecule has 4 aromatic rings. The predicted octanol–water partition coefficient (Wildman–Crippen LogP) is 3.98. The zero-order valence-corrected chi connectivity index (χ0v) is 20.2. The first kappa shape index (κ1) is 23.0. The first-order chi connectivity index (χ1) is 16.7. The molecule has 1 aliphatic heterocycles. The lowest BCUT2D eigenvalue weighted by Crippen LogP contribution is -2.49. The number of sulfonamides is 2. The maximum atomic E-state index is 13.8. The summed E-state index contributed by atoms with van der Waals surface area (Å²) in [6, 6.07) is 23.4. The summed E-state index contributed by atoms with van der Waals surface area (Å²) < 4.78 is 56.6. The maximum Gasteiger partial charge on any atom is 0.288 e. The average molecular weight is 526 g/mol. The molecule has 0 unspecified atom stereocenters. The molecular weight excluding hydrogens is 510 g/mol. The summed E-state index contributed by atoms with van der Waals surface area (Å²) in [5.74, 6) is -1.31. The summed E-state index contributed by atoms with van der Waals surface area (Å²) >= 11 is 6.18. The van der Waals surface area contributed by atoms with Gasteiger partial charge in [0.25, 0.3) is 26.0 Å². The largest absolute Gasteiger partial charge is 0.288 e. The van der Waals surface area contributed by atoms with Gasteiger partial charge < -0.3 is 0 Å². The molecule has 0 bridgehead atoms. The Morgan fingerprint density at radius 2 is 1.51 bits per heavy atom. The highest BCUT2D eigenvalue weighted by Crippen LogP contribution is 2.28. The monoisotopic (exact) mass is 525 g/mol. The maximum absolute atomic E-state index is 13.8. The fourth-order valence-electron chi connectivity index (χ4n) is 3.68. The fraction of sp³-hybridized carbons (Fsp3) is 0. The minimum Gasteiger partial charge on any atom is -0.266 e. The van der Waals surface area contributed by atoms with Crippen molar-refractivity contribution in [2.24, 2.45) is 4.40 Å². The summed E-state index contributed by atoms with van der Waals surface area (Å²) in [7, 11) is -8.62. The molecular formula is C24H16ClN3O5S2. The molecule has 0 atom stereocenters. The summed E-state index contributed by atoms with van der Waals surface area (Å²) in [6.07, 6.45) is 0. The second kappa shape index (κ2) is 8.49. The number of nitrogens with one attached hydrogen (secondary N) is 1. The molecule has 0 aromatic heterocycles. The molecule has 11 heteroatoms. The average Bonchev–Trinajstić information content (AvgIpc) is 3.12. The van der Waals surface area contributed by atoms with Gasteiger partial charge >= 0.3 is 0 Å². The predicted molar refractivity (Wildman–Crippen MR) is 132 cm³/mol. The first-order valence-electron chi connectivity index (χ1n) is 10.2. The number of halogens is 1. The fourth-order valence-corrected chi connectivity index (χ4v) is 6.32. The van der Waals surface area contributed by atoms with Gasteiger partial charge in [-0.05, 0) is 47.2 Å². The molecule has 0 fully saturated rings. The Kier molecular flexibility index (Phi) is 5.59. The van der Waals surface area contributed by atoms with Crippen LogP contribution in [0.1, 0.15) is 15.9 Å². The highest BCUT2D eigenvalue weighted by atomic mass is 35.5. The molecule has 1 heterocycles. The molecule has 0 radical (unpaired) electrons. The number of carbonyl (C=O) groups excluding carboxylic acids is 1. The van der Waals surface area contributed by atoms with E-state index in [0.29, 0.717) is 9.80 Å². The SMILES string of the molecule is O=C(c1ccccc1Cl)N(NC1=NS(=O)(=O)c2ccccc21)S(=O)(=O)c1ccc2ccccc2c1. The molecule has 5 rings (SSSR count). The smallest absolute Gasteiger partial charge is 0.266 e. The topological polar surface area (TPSA) is 113 Å². The van der Waals surface area contributed by atoms with Crippen molar-refractivity contribution in [2.45, 2.75) is 9.79 Å². The van der Waals surface area contributed by atoms with Crippen molar-refractivity contribution in [1.29, 1.82) is 0 Å². The third-order valence-corrected chi connectivity index (χ3v) is 8.64. The van der Waals surface area contributed by atoms with Crippen LogP contribution in [0.25, 0.3) is 10.8 Å². The Balaban J connectivity index is 1.66. The molecule has 4 aromatic carbocycles. The quantitative estimate of drug-likeness (QED) is 0.405. The second-order valence-corrected chi connectivity index (χ2v) is 11.4. The van der Waals surface area contributed by atoms with E-state index < -0.39 is 26.0 Å². The van der Waals surface area contributed by atoms with Gasteiger partial charge in [0.1, 0.15) is 4.90 Å². The van der Waals surface area contributed by atoms with Gasteiger partial charge in [-0.25, -0.2) is 0 Å². The molecule has 0 spiro atoms. The molecule has 1 N–H and O–H groups in total. The van der Waals surface area contributed by atoms with Crippen molar-refractivity contribution in [2.75, 3.05) is 0 Å². The third kappa shape index (κ3) is 4.05. The normalized spacial score (nSPS) is 14.3. The first-order valence-corrected chi connectivity index (χ1v) is 13.5. The lowest BCUT2D eigenvalue weighted by molar-refractivity contribution is 0.0838. The molecule has 0 aliphatic carbocycles. The van der Waals surface area contributed by atoms with Gasteiger partial charge in [-0.1, -0.05) is 66.2 Å². The van der Waals surface area contributed by atoms with Crippen molar-refractivity contribution in [3.8, 4) is 0 Å². The zero-order valence-electron chi connectivity index (χ0n) is 17.8. The summed E-state index contributed by atoms with van der Waals surface area (Å²) in [5.41, 5.74) is 2.49. The zero-order chi connectivity index (χ0) is 24.8. The van der Waals surface area contributed by atoms with Crippen molar-refractivity contribution in [3.05, 3.63) is 107 Å². The van der Waals surface area contributed by atoms with Crippen LogP contribution in [0.3, 0.4) is 0 Å². The van der Waals surface area contributed by atoms with Crippen LogP contribution >= 0.6 is 11.6 Å². The molecule has 0 saturated heterocycles. The van der Waals surface area contributed by atoms with E-state index in [9.17, 15) is 21.6 Å². The van der Waals surface area contributed by atoms with Gasteiger partial charge in [0, 0.05) is 5.56 Å². The second-order valence-electron chi connectivity index (χ2n) is 7.59. The van der Waals surface area contributed by atoms with Crippen LogP contribution in [-0.4, -0.2) is 33.0 Å². The number of fused-ring (bicyclic) bond motifs is 2. The van der Waals surface area contributed by atoms with E-state index in [2.05, 4.69) is 9.82 Å². The Hall–Kier alpha value is -3.73. The number of carbonyl (C=O) groups is 1. The number of rotatable bonds is 3. The van der Waals surface area contributed by atoms with E-state index in [1.165, 1.54) is 48.5 Å². The molecule has 1 aliphatic rings. The number of amides is 1. The van der Waals surface area contributed by atoms with E-state index in [4.69, 9.17) is 11.6 Å². The minimum atomic E-state index is -4.55. The number of hydrogen-bond donors (Lipinski definition) is 1. The van der Waals surface area contributed by atoms with Crippen LogP contribution in [0.2, 0.25) is 5.02 Å². The van der Waals surface area contributed by atoms with Crippen LogP contribution < -0.4 is 5.43 Å². The van der Waals surface area contributed by atoms with Gasteiger partial charge in [0.15, 0.2) is 5.84 Å². The number of nitrogens with zero attached hydrogens (tertiary/aromatic N) is 2. The lowest BCUT2D eigenvalue weighted by atomic mass is 10.1. The summed E-state index contributed by atoms with van der Waals surface area (Å²) in [4.78, 5) is 13.2. The van der Waals surface area contributed by atoms with Gasteiger partial charge in [-0.15, -0.1) is 8.81 Å². The minimum absolute atomic E-state index is 0.0272. The van der Waals surface area contributed by atoms with Gasteiger partial charge in [-0.3, -0.25) is 10.2 Å². The lowest BCUT2D eigenvalue weighted by Gasteiger charge is -2.24. The number of benzene rings is 4. The Morgan fingerprint density at radius 3 is 2.29 bits per heavy atom. The van der Waals surface area contributed by atoms with Crippen LogP contribution in [0.5, 0.6) is 0 Å². The highest BCUT2D eigenvalue weighted by molar-refractivity contribution is 7.91. The van der Waals surface area contributed by atoms with E-state index >= 15 is 0 Å². The van der Waals surface area contributed by atoms with E-state index in [1.807, 2.05) is 12.1 Å². The molecule has 8 nitrogen and oxygen atoms in total. The molecule has 176 valence electrons. The third-order valence-electron chi connectivity index (χ3n) is 5.39. The number of amidine groups is 1. The van der Waals surface area contributed by atoms with Crippen molar-refractivity contribution >= 4 is 54.2 Å². The number of hydrazine groups is 1. The number of hydrogen-bond acceptors (Lipinski definition) is 6. The summed E-state index contributed by atoms with van der Waals surface area (Å²) in [6.45, 7) is 0. The van der Waals surface area contributed by atoms with Crippen LogP contribution in [0.4, 0.5) is 0 Å². The Bertz CT molecular complexity index is 1750. The van der Waals surface area contributed by atoms with Gasteiger partial charge in [0.05, 0.1) is 15.5 Å². The van der Waals surface area contributed by atoms with Crippen molar-refractivity contribution in [3.63, 3.8) is 0 Å². The van der Waals surface area contributed by atoms with Crippen LogP contribution in [0.15, 0.2) is 105 Å². The summed E-state index contributed by atoms with van der Waals surface area (Å²) in [5, 5.41) is 1.48. The molecule has 1 amide bonds. The van der Waals surface area contributed by atoms with Crippen LogP contribution in [0, 0.1) is 0 Å². The highest BCUT2D eigenvalue weighted by Gasteiger charge is 2.36. The van der Waals surface area contributed by atoms with Crippen molar-refractivity contribution in [1.82, 2.24) is 9.84 Å². The van der Waals surface area contributed by atoms with Crippen LogP contribution in [-0.2, 0) is 20.0 Å². The van der Waals surface area contributed by atoms with Gasteiger partial charge in [0.2, 0.25) is 0 Å². The van der Waals surface area contributed by atoms with E-state index in [-0.39, 0.29) is 31.8 Å². The Labute approximate surface area is 206 Å². The van der Waals surface area contributed by atoms with E-state index in [0.717, 1.165) is 5.39 Å². The molecule has 35 heavy (non-hydrogen) atoms. The van der Waals surface area contributed by atoms with Gasteiger partial charge in [-0.2, -0.15) is 16.8 Å². The Morgan fingerprint density at radius 1 is 0.857 bits per heavy atom. The van der Waals surface area contributed by atoms with E-state index in [1.54, 1.807) is 30.3 Å². The van der Waals surface area contributed by atoms with Crippen molar-refractivity contribution < 1.29 is 21.6 Å².